The van der Waals surface area contributed by atoms with Crippen molar-refractivity contribution in [1.29, 1.82) is 0 Å². The molecule has 96 valence electrons. The first kappa shape index (κ1) is 13.6. The summed E-state index contributed by atoms with van der Waals surface area (Å²) in [6.45, 7) is 2.15. The molecule has 1 atom stereocenters. The lowest BCUT2D eigenvalue weighted by Gasteiger charge is -2.16. The quantitative estimate of drug-likeness (QED) is 0.643. The number of hydrogen-bond donors (Lipinski definition) is 1. The molecule has 2 rings (SSSR count). The maximum atomic E-state index is 5.41. The van der Waals surface area contributed by atoms with Crippen molar-refractivity contribution in [2.45, 2.75) is 17.9 Å². The van der Waals surface area contributed by atoms with Crippen LogP contribution in [-0.2, 0) is 0 Å². The molecule has 0 aromatic heterocycles. The lowest BCUT2D eigenvalue weighted by Crippen LogP contribution is -2.06. The maximum Gasteiger partial charge on any atom is 0.0485 e. The molecular weight excluding hydrogens is 250 g/mol. The van der Waals surface area contributed by atoms with E-state index in [2.05, 4.69) is 48.7 Å². The molecule has 0 aliphatic carbocycles. The number of anilines is 1. The summed E-state index contributed by atoms with van der Waals surface area (Å²) in [5.74, 6) is 2.65. The van der Waals surface area contributed by atoms with Gasteiger partial charge in [0, 0.05) is 22.2 Å². The van der Waals surface area contributed by atoms with Gasteiger partial charge in [-0.25, -0.2) is 0 Å². The van der Waals surface area contributed by atoms with Gasteiger partial charge in [0.05, 0.1) is 0 Å². The van der Waals surface area contributed by atoms with Crippen LogP contribution < -0.4 is 5.32 Å². The summed E-state index contributed by atoms with van der Waals surface area (Å²) in [6, 6.07) is 16.8. The van der Waals surface area contributed by atoms with E-state index in [1.165, 1.54) is 10.5 Å². The average molecular weight is 267 g/mol. The van der Waals surface area contributed by atoms with Gasteiger partial charge in [0.25, 0.3) is 0 Å². The molecule has 0 radical (unpaired) electrons. The molecule has 1 nitrogen and oxygen atoms in total. The molecule has 0 heterocycles. The lowest BCUT2D eigenvalue weighted by atomic mass is 10.1. The second-order valence-electron chi connectivity index (χ2n) is 4.36. The highest BCUT2D eigenvalue weighted by Gasteiger charge is 2.05. The summed E-state index contributed by atoms with van der Waals surface area (Å²) >= 11 is 1.76. The Morgan fingerprint density at radius 2 is 1.89 bits per heavy atom. The second-order valence-corrected chi connectivity index (χ2v) is 5.24. The molecule has 2 aromatic rings. The highest BCUT2D eigenvalue weighted by Crippen LogP contribution is 2.22. The number of hydrogen-bond acceptors (Lipinski definition) is 2. The Hall–Kier alpha value is -1.85. The van der Waals surface area contributed by atoms with Gasteiger partial charge in [-0.05, 0) is 49.1 Å². The fourth-order valence-corrected chi connectivity index (χ4v) is 2.33. The van der Waals surface area contributed by atoms with E-state index in [9.17, 15) is 0 Å². The van der Waals surface area contributed by atoms with Crippen molar-refractivity contribution in [3.8, 4) is 12.3 Å². The van der Waals surface area contributed by atoms with Crippen LogP contribution in [0.25, 0.3) is 0 Å². The zero-order valence-corrected chi connectivity index (χ0v) is 12.0. The molecule has 2 aromatic carbocycles. The molecule has 0 saturated carbocycles. The van der Waals surface area contributed by atoms with Gasteiger partial charge in [0.2, 0.25) is 0 Å². The number of thioether (sulfide) groups is 1. The minimum atomic E-state index is 0.254. The summed E-state index contributed by atoms with van der Waals surface area (Å²) in [5, 5.41) is 3.47. The van der Waals surface area contributed by atoms with Gasteiger partial charge in [0.15, 0.2) is 0 Å². The maximum absolute atomic E-state index is 5.41. The Bertz CT molecular complexity index is 581. The summed E-state index contributed by atoms with van der Waals surface area (Å²) in [4.78, 5) is 1.28. The molecule has 1 unspecified atom stereocenters. The minimum absolute atomic E-state index is 0.254. The summed E-state index contributed by atoms with van der Waals surface area (Å²) in [7, 11) is 0. The normalized spacial score (nSPS) is 11.6. The second kappa shape index (κ2) is 6.36. The van der Waals surface area contributed by atoms with Gasteiger partial charge < -0.3 is 5.32 Å². The summed E-state index contributed by atoms with van der Waals surface area (Å²) in [6.07, 6.45) is 7.50. The van der Waals surface area contributed by atoms with Gasteiger partial charge in [-0.3, -0.25) is 0 Å². The predicted octanol–water partition coefficient (Wildman–Crippen LogP) is 4.56. The molecule has 0 amide bonds. The van der Waals surface area contributed by atoms with E-state index in [4.69, 9.17) is 6.42 Å². The molecule has 0 aliphatic rings. The van der Waals surface area contributed by atoms with Crippen LogP contribution in [-0.4, -0.2) is 6.26 Å². The van der Waals surface area contributed by atoms with Crippen LogP contribution in [0.1, 0.15) is 24.1 Å². The smallest absolute Gasteiger partial charge is 0.0485 e. The van der Waals surface area contributed by atoms with E-state index in [-0.39, 0.29) is 6.04 Å². The van der Waals surface area contributed by atoms with Crippen molar-refractivity contribution >= 4 is 17.4 Å². The Kier molecular flexibility index (Phi) is 4.54. The number of nitrogens with one attached hydrogen (secondary N) is 1. The average Bonchev–Trinajstić information content (AvgIpc) is 2.47. The first-order valence-electron chi connectivity index (χ1n) is 6.20. The molecular formula is C17H17NS. The molecule has 0 spiro atoms. The largest absolute Gasteiger partial charge is 0.378 e. The lowest BCUT2D eigenvalue weighted by molar-refractivity contribution is 0.883. The Morgan fingerprint density at radius 3 is 2.53 bits per heavy atom. The van der Waals surface area contributed by atoms with Gasteiger partial charge in [-0.15, -0.1) is 18.2 Å². The first-order chi connectivity index (χ1) is 9.22. The molecule has 0 aliphatic heterocycles. The fraction of sp³-hybridized carbons (Fsp3) is 0.176. The van der Waals surface area contributed by atoms with Crippen molar-refractivity contribution < 1.29 is 0 Å². The van der Waals surface area contributed by atoms with E-state index < -0.39 is 0 Å². The monoisotopic (exact) mass is 267 g/mol. The Morgan fingerprint density at radius 1 is 1.16 bits per heavy atom. The molecule has 19 heavy (non-hydrogen) atoms. The third-order valence-electron chi connectivity index (χ3n) is 3.03. The van der Waals surface area contributed by atoms with E-state index in [0.29, 0.717) is 0 Å². The topological polar surface area (TPSA) is 12.0 Å². The molecule has 0 fully saturated rings. The highest BCUT2D eigenvalue weighted by molar-refractivity contribution is 7.98. The van der Waals surface area contributed by atoms with Crippen LogP contribution in [0.3, 0.4) is 0 Å². The molecule has 0 bridgehead atoms. The SMILES string of the molecule is C#Cc1cccc(NC(C)c2ccc(SC)cc2)c1. The predicted molar refractivity (Wildman–Crippen MR) is 84.6 cm³/mol. The van der Waals surface area contributed by atoms with E-state index in [1.54, 1.807) is 11.8 Å². The standard InChI is InChI=1S/C17H17NS/c1-4-14-6-5-7-16(12-14)18-13(2)15-8-10-17(19-3)11-9-15/h1,5-13,18H,2-3H3. The minimum Gasteiger partial charge on any atom is -0.378 e. The summed E-state index contributed by atoms with van der Waals surface area (Å²) in [5.41, 5.74) is 3.22. The van der Waals surface area contributed by atoms with Crippen LogP contribution in [0.5, 0.6) is 0 Å². The molecule has 1 N–H and O–H groups in total. The van der Waals surface area contributed by atoms with Crippen molar-refractivity contribution in [3.05, 3.63) is 59.7 Å². The fourth-order valence-electron chi connectivity index (χ4n) is 1.92. The summed E-state index contributed by atoms with van der Waals surface area (Å²) < 4.78 is 0. The third-order valence-corrected chi connectivity index (χ3v) is 3.77. The molecule has 2 heteroatoms. The first-order valence-corrected chi connectivity index (χ1v) is 7.42. The van der Waals surface area contributed by atoms with Crippen molar-refractivity contribution in [2.75, 3.05) is 11.6 Å². The number of terminal acetylenes is 1. The third kappa shape index (κ3) is 3.56. The van der Waals surface area contributed by atoms with Crippen molar-refractivity contribution in [2.24, 2.45) is 0 Å². The van der Waals surface area contributed by atoms with Crippen LogP contribution in [0.15, 0.2) is 53.4 Å². The number of rotatable bonds is 4. The van der Waals surface area contributed by atoms with Crippen LogP contribution in [0.2, 0.25) is 0 Å². The van der Waals surface area contributed by atoms with Crippen LogP contribution in [0.4, 0.5) is 5.69 Å². The van der Waals surface area contributed by atoms with Crippen molar-refractivity contribution in [3.63, 3.8) is 0 Å². The zero-order valence-electron chi connectivity index (χ0n) is 11.2. The van der Waals surface area contributed by atoms with E-state index >= 15 is 0 Å². The van der Waals surface area contributed by atoms with E-state index in [1.807, 2.05) is 24.3 Å². The van der Waals surface area contributed by atoms with Gasteiger partial charge >= 0.3 is 0 Å². The Balaban J connectivity index is 2.11. The van der Waals surface area contributed by atoms with Crippen LogP contribution in [0, 0.1) is 12.3 Å². The van der Waals surface area contributed by atoms with Gasteiger partial charge in [-0.2, -0.15) is 0 Å². The van der Waals surface area contributed by atoms with Gasteiger partial charge in [0.1, 0.15) is 0 Å². The van der Waals surface area contributed by atoms with Crippen molar-refractivity contribution in [1.82, 2.24) is 0 Å². The number of benzene rings is 2. The molecule has 0 saturated heterocycles. The zero-order chi connectivity index (χ0) is 13.7. The van der Waals surface area contributed by atoms with Gasteiger partial charge in [-0.1, -0.05) is 24.1 Å². The van der Waals surface area contributed by atoms with E-state index in [0.717, 1.165) is 11.3 Å². The Labute approximate surface area is 119 Å². The highest BCUT2D eigenvalue weighted by atomic mass is 32.2. The van der Waals surface area contributed by atoms with Crippen LogP contribution >= 0.6 is 11.8 Å².